The van der Waals surface area contributed by atoms with Gasteiger partial charge in [0.25, 0.3) is 5.91 Å². The lowest BCUT2D eigenvalue weighted by molar-refractivity contribution is 0.0784. The Morgan fingerprint density at radius 2 is 1.85 bits per heavy atom. The molecule has 0 radical (unpaired) electrons. The molecule has 0 fully saturated rings. The third-order valence-corrected chi connectivity index (χ3v) is 3.20. The van der Waals surface area contributed by atoms with Crippen LogP contribution in [0.3, 0.4) is 0 Å². The van der Waals surface area contributed by atoms with Gasteiger partial charge < -0.3 is 15.7 Å². The Kier molecular flexibility index (Phi) is 3.94. The van der Waals surface area contributed by atoms with Gasteiger partial charge in [-0.1, -0.05) is 18.2 Å². The topological polar surface area (TPSA) is 66.6 Å². The molecule has 0 aliphatic heterocycles. The van der Waals surface area contributed by atoms with Gasteiger partial charge in [0.05, 0.1) is 0 Å². The maximum absolute atomic E-state index is 12.3. The number of hydrogen-bond acceptors (Lipinski definition) is 3. The first-order valence-electron chi connectivity index (χ1n) is 6.37. The quantitative estimate of drug-likeness (QED) is 0.842. The Bertz CT molecular complexity index is 621. The highest BCUT2D eigenvalue weighted by Gasteiger charge is 2.13. The molecule has 1 amide bonds. The molecule has 2 aromatic rings. The first-order valence-corrected chi connectivity index (χ1v) is 6.37. The SMILES string of the molecule is Cc1ccc(C(=O)N(C)Cc2ccc(N)cc2)cc1O. The molecule has 3 N–H and O–H groups in total. The average Bonchev–Trinajstić information content (AvgIpc) is 2.43. The number of amides is 1. The molecule has 2 aromatic carbocycles. The van der Waals surface area contributed by atoms with Crippen LogP contribution in [0.1, 0.15) is 21.5 Å². The highest BCUT2D eigenvalue weighted by Crippen LogP contribution is 2.19. The number of nitrogens with two attached hydrogens (primary N) is 1. The van der Waals surface area contributed by atoms with Crippen LogP contribution in [0.25, 0.3) is 0 Å². The van der Waals surface area contributed by atoms with Gasteiger partial charge >= 0.3 is 0 Å². The predicted octanol–water partition coefficient (Wildman–Crippen LogP) is 2.56. The lowest BCUT2D eigenvalue weighted by Gasteiger charge is -2.18. The van der Waals surface area contributed by atoms with E-state index in [1.165, 1.54) is 6.07 Å². The summed E-state index contributed by atoms with van der Waals surface area (Å²) in [4.78, 5) is 13.9. The van der Waals surface area contributed by atoms with Gasteiger partial charge in [-0.3, -0.25) is 4.79 Å². The third kappa shape index (κ3) is 3.09. The number of phenolic OH excluding ortho intramolecular Hbond substituents is 1. The Labute approximate surface area is 118 Å². The molecule has 0 bridgehead atoms. The van der Waals surface area contributed by atoms with E-state index >= 15 is 0 Å². The second kappa shape index (κ2) is 5.65. The van der Waals surface area contributed by atoms with Crippen molar-refractivity contribution in [3.8, 4) is 5.75 Å². The van der Waals surface area contributed by atoms with E-state index < -0.39 is 0 Å². The first-order chi connectivity index (χ1) is 9.47. The van der Waals surface area contributed by atoms with Gasteiger partial charge in [-0.25, -0.2) is 0 Å². The molecule has 0 atom stereocenters. The fourth-order valence-electron chi connectivity index (χ4n) is 1.93. The second-order valence-corrected chi connectivity index (χ2v) is 4.90. The molecular formula is C16H18N2O2. The van der Waals surface area contributed by atoms with E-state index in [4.69, 9.17) is 5.73 Å². The monoisotopic (exact) mass is 270 g/mol. The van der Waals surface area contributed by atoms with Crippen molar-refractivity contribution in [3.05, 3.63) is 59.2 Å². The molecule has 0 saturated carbocycles. The molecule has 0 aliphatic carbocycles. The summed E-state index contributed by atoms with van der Waals surface area (Å²) < 4.78 is 0. The van der Waals surface area contributed by atoms with Crippen LogP contribution < -0.4 is 5.73 Å². The first kappa shape index (κ1) is 13.9. The molecule has 0 spiro atoms. The number of aryl methyl sites for hydroxylation is 1. The van der Waals surface area contributed by atoms with E-state index in [1.807, 2.05) is 24.3 Å². The van der Waals surface area contributed by atoms with E-state index in [-0.39, 0.29) is 11.7 Å². The van der Waals surface area contributed by atoms with Crippen LogP contribution in [0.2, 0.25) is 0 Å². The normalized spacial score (nSPS) is 10.3. The number of carbonyl (C=O) groups is 1. The predicted molar refractivity (Wildman–Crippen MR) is 79.5 cm³/mol. The van der Waals surface area contributed by atoms with Crippen molar-refractivity contribution in [2.45, 2.75) is 13.5 Å². The Morgan fingerprint density at radius 3 is 2.45 bits per heavy atom. The molecule has 2 rings (SSSR count). The van der Waals surface area contributed by atoms with Crippen LogP contribution in [-0.2, 0) is 6.54 Å². The van der Waals surface area contributed by atoms with Crippen molar-refractivity contribution < 1.29 is 9.90 Å². The molecule has 0 unspecified atom stereocenters. The molecule has 0 aliphatic rings. The van der Waals surface area contributed by atoms with Crippen molar-refractivity contribution in [3.63, 3.8) is 0 Å². The van der Waals surface area contributed by atoms with Gasteiger partial charge in [0.15, 0.2) is 0 Å². The van der Waals surface area contributed by atoms with Crippen molar-refractivity contribution in [1.29, 1.82) is 0 Å². The number of carbonyl (C=O) groups excluding carboxylic acids is 1. The van der Waals surface area contributed by atoms with Crippen molar-refractivity contribution >= 4 is 11.6 Å². The van der Waals surface area contributed by atoms with E-state index in [0.29, 0.717) is 17.8 Å². The zero-order valence-electron chi connectivity index (χ0n) is 11.6. The maximum atomic E-state index is 12.3. The fraction of sp³-hybridized carbons (Fsp3) is 0.188. The summed E-state index contributed by atoms with van der Waals surface area (Å²) in [5.74, 6) is 0.00820. The van der Waals surface area contributed by atoms with E-state index in [9.17, 15) is 9.90 Å². The van der Waals surface area contributed by atoms with Gasteiger partial charge in [-0.15, -0.1) is 0 Å². The molecular weight excluding hydrogens is 252 g/mol. The number of phenols is 1. The van der Waals surface area contributed by atoms with Gasteiger partial charge in [0, 0.05) is 24.8 Å². The molecule has 0 heterocycles. The maximum Gasteiger partial charge on any atom is 0.254 e. The Hall–Kier alpha value is -2.49. The number of rotatable bonds is 3. The number of nitrogen functional groups attached to an aromatic ring is 1. The summed E-state index contributed by atoms with van der Waals surface area (Å²) in [5.41, 5.74) is 8.57. The average molecular weight is 270 g/mol. The van der Waals surface area contributed by atoms with Crippen LogP contribution >= 0.6 is 0 Å². The summed E-state index contributed by atoms with van der Waals surface area (Å²) in [7, 11) is 1.73. The zero-order valence-corrected chi connectivity index (χ0v) is 11.6. The summed E-state index contributed by atoms with van der Waals surface area (Å²) in [6, 6.07) is 12.4. The summed E-state index contributed by atoms with van der Waals surface area (Å²) in [6.07, 6.45) is 0. The Morgan fingerprint density at radius 1 is 1.20 bits per heavy atom. The fourth-order valence-corrected chi connectivity index (χ4v) is 1.93. The number of nitrogens with zero attached hydrogens (tertiary/aromatic N) is 1. The van der Waals surface area contributed by atoms with Crippen LogP contribution in [0.15, 0.2) is 42.5 Å². The zero-order chi connectivity index (χ0) is 14.7. The summed E-state index contributed by atoms with van der Waals surface area (Å²) in [5, 5.41) is 9.67. The number of hydrogen-bond donors (Lipinski definition) is 2. The molecule has 4 nitrogen and oxygen atoms in total. The molecule has 0 aromatic heterocycles. The van der Waals surface area contributed by atoms with Crippen LogP contribution in [-0.4, -0.2) is 23.0 Å². The molecule has 0 saturated heterocycles. The largest absolute Gasteiger partial charge is 0.508 e. The van der Waals surface area contributed by atoms with Crippen molar-refractivity contribution in [1.82, 2.24) is 4.90 Å². The third-order valence-electron chi connectivity index (χ3n) is 3.20. The summed E-state index contributed by atoms with van der Waals surface area (Å²) >= 11 is 0. The highest BCUT2D eigenvalue weighted by atomic mass is 16.3. The molecule has 104 valence electrons. The summed E-state index contributed by atoms with van der Waals surface area (Å²) in [6.45, 7) is 2.29. The number of anilines is 1. The van der Waals surface area contributed by atoms with Gasteiger partial charge in [-0.05, 0) is 42.3 Å². The Balaban J connectivity index is 2.11. The van der Waals surface area contributed by atoms with E-state index in [0.717, 1.165) is 11.1 Å². The highest BCUT2D eigenvalue weighted by molar-refractivity contribution is 5.94. The van der Waals surface area contributed by atoms with E-state index in [2.05, 4.69) is 0 Å². The van der Waals surface area contributed by atoms with Crippen LogP contribution in [0, 0.1) is 6.92 Å². The number of benzene rings is 2. The minimum Gasteiger partial charge on any atom is -0.508 e. The minimum atomic E-state index is -0.128. The van der Waals surface area contributed by atoms with Gasteiger partial charge in [-0.2, -0.15) is 0 Å². The van der Waals surface area contributed by atoms with Crippen molar-refractivity contribution in [2.24, 2.45) is 0 Å². The molecule has 20 heavy (non-hydrogen) atoms. The minimum absolute atomic E-state index is 0.128. The van der Waals surface area contributed by atoms with Crippen molar-refractivity contribution in [2.75, 3.05) is 12.8 Å². The smallest absolute Gasteiger partial charge is 0.254 e. The van der Waals surface area contributed by atoms with Gasteiger partial charge in [0.2, 0.25) is 0 Å². The van der Waals surface area contributed by atoms with Gasteiger partial charge in [0.1, 0.15) is 5.75 Å². The van der Waals surface area contributed by atoms with E-state index in [1.54, 1.807) is 31.0 Å². The molecule has 4 heteroatoms. The van der Waals surface area contributed by atoms with Crippen LogP contribution in [0.5, 0.6) is 5.75 Å². The number of aromatic hydroxyl groups is 1. The van der Waals surface area contributed by atoms with Crippen LogP contribution in [0.4, 0.5) is 5.69 Å². The lowest BCUT2D eigenvalue weighted by atomic mass is 10.1. The standard InChI is InChI=1S/C16H18N2O2/c1-11-3-6-13(9-15(11)19)16(20)18(2)10-12-4-7-14(17)8-5-12/h3-9,19H,10,17H2,1-2H3. The second-order valence-electron chi connectivity index (χ2n) is 4.90. The lowest BCUT2D eigenvalue weighted by Crippen LogP contribution is -2.26.